The third kappa shape index (κ3) is 4.18. The van der Waals surface area contributed by atoms with Crippen LogP contribution in [0.1, 0.15) is 32.3 Å². The molecule has 0 aliphatic rings. The van der Waals surface area contributed by atoms with Crippen LogP contribution in [0.15, 0.2) is 47.5 Å². The zero-order valence-corrected chi connectivity index (χ0v) is 17.7. The lowest BCUT2D eigenvalue weighted by Crippen LogP contribution is -2.23. The number of rotatable bonds is 8. The maximum atomic E-state index is 12.8. The van der Waals surface area contributed by atoms with Crippen LogP contribution < -0.4 is 19.6 Å². The van der Waals surface area contributed by atoms with Crippen molar-refractivity contribution in [3.8, 4) is 22.9 Å². The maximum absolute atomic E-state index is 12.8. The molecule has 8 heteroatoms. The summed E-state index contributed by atoms with van der Waals surface area (Å²) in [7, 11) is 0. The molecule has 0 saturated carbocycles. The van der Waals surface area contributed by atoms with Crippen LogP contribution in [0, 0.1) is 0 Å². The fourth-order valence-corrected chi connectivity index (χ4v) is 3.84. The van der Waals surface area contributed by atoms with Gasteiger partial charge in [-0.25, -0.2) is 0 Å². The zero-order valence-electron chi connectivity index (χ0n) is 16.9. The Bertz CT molecular complexity index is 1250. The third-order valence-electron chi connectivity index (χ3n) is 4.42. The van der Waals surface area contributed by atoms with Gasteiger partial charge in [0.2, 0.25) is 4.96 Å². The number of thiazole rings is 1. The van der Waals surface area contributed by atoms with Crippen LogP contribution in [0.4, 0.5) is 0 Å². The van der Waals surface area contributed by atoms with E-state index in [0.29, 0.717) is 40.0 Å². The normalized spacial score (nSPS) is 11.9. The van der Waals surface area contributed by atoms with E-state index in [-0.39, 0.29) is 5.56 Å². The van der Waals surface area contributed by atoms with Crippen molar-refractivity contribution >= 4 is 22.4 Å². The molecule has 0 N–H and O–H groups in total. The molecule has 0 fully saturated rings. The topological polar surface area (TPSA) is 78.6 Å². The summed E-state index contributed by atoms with van der Waals surface area (Å²) in [6, 6.07) is 9.37. The predicted molar refractivity (Wildman–Crippen MR) is 117 cm³/mol. The van der Waals surface area contributed by atoms with Crippen molar-refractivity contribution in [3.05, 3.63) is 63.2 Å². The smallest absolute Gasteiger partial charge is 0.291 e. The van der Waals surface area contributed by atoms with E-state index < -0.39 is 0 Å². The minimum Gasteiger partial charge on any atom is -0.490 e. The maximum Gasteiger partial charge on any atom is 0.291 e. The van der Waals surface area contributed by atoms with E-state index in [2.05, 4.69) is 22.0 Å². The Balaban J connectivity index is 1.67. The summed E-state index contributed by atoms with van der Waals surface area (Å²) in [4.78, 5) is 21.9. The standard InChI is InChI=1S/C22H22N4O3S/c1-3-5-11-29-17-9-8-15(12-18(17)28-4-2)13-19-21(27)26-22(30-19)24-20(25-26)16-7-6-10-23-14-16/h6-10,12-14H,3-5,11H2,1-2H3/b19-13-. The highest BCUT2D eigenvalue weighted by molar-refractivity contribution is 7.15. The number of hydrogen-bond donors (Lipinski definition) is 0. The average Bonchev–Trinajstić information content (AvgIpc) is 3.30. The van der Waals surface area contributed by atoms with Crippen molar-refractivity contribution in [1.82, 2.24) is 19.6 Å². The Labute approximate surface area is 177 Å². The quantitative estimate of drug-likeness (QED) is 0.405. The van der Waals surface area contributed by atoms with Crippen molar-refractivity contribution in [2.24, 2.45) is 0 Å². The molecule has 4 aromatic rings. The monoisotopic (exact) mass is 422 g/mol. The van der Waals surface area contributed by atoms with Crippen molar-refractivity contribution in [2.75, 3.05) is 13.2 Å². The van der Waals surface area contributed by atoms with Gasteiger partial charge in [-0.15, -0.1) is 5.10 Å². The molecule has 0 aliphatic heterocycles. The van der Waals surface area contributed by atoms with Crippen molar-refractivity contribution in [2.45, 2.75) is 26.7 Å². The summed E-state index contributed by atoms with van der Waals surface area (Å²) in [5, 5.41) is 4.35. The van der Waals surface area contributed by atoms with Gasteiger partial charge in [-0.05, 0) is 49.2 Å². The average molecular weight is 423 g/mol. The molecule has 0 amide bonds. The first-order valence-corrected chi connectivity index (χ1v) is 10.7. The lowest BCUT2D eigenvalue weighted by molar-refractivity contribution is 0.272. The van der Waals surface area contributed by atoms with Crippen LogP contribution >= 0.6 is 11.3 Å². The highest BCUT2D eigenvalue weighted by Crippen LogP contribution is 2.29. The van der Waals surface area contributed by atoms with Gasteiger partial charge in [-0.1, -0.05) is 30.7 Å². The molecule has 4 rings (SSSR count). The molecule has 30 heavy (non-hydrogen) atoms. The Morgan fingerprint density at radius 1 is 1.17 bits per heavy atom. The molecule has 3 heterocycles. The van der Waals surface area contributed by atoms with Crippen LogP contribution in [0.5, 0.6) is 11.5 Å². The highest BCUT2D eigenvalue weighted by Gasteiger charge is 2.12. The van der Waals surface area contributed by atoms with E-state index >= 15 is 0 Å². The number of hydrogen-bond acceptors (Lipinski definition) is 7. The van der Waals surface area contributed by atoms with Crippen molar-refractivity contribution < 1.29 is 9.47 Å². The van der Waals surface area contributed by atoms with Crippen LogP contribution in [0.2, 0.25) is 0 Å². The van der Waals surface area contributed by atoms with E-state index in [1.807, 2.05) is 43.3 Å². The summed E-state index contributed by atoms with van der Waals surface area (Å²) >= 11 is 1.30. The first kappa shape index (κ1) is 20.0. The van der Waals surface area contributed by atoms with Crippen LogP contribution in [-0.4, -0.2) is 32.8 Å². The minimum atomic E-state index is -0.195. The van der Waals surface area contributed by atoms with Gasteiger partial charge in [0.25, 0.3) is 5.56 Å². The van der Waals surface area contributed by atoms with Crippen LogP contribution in [0.25, 0.3) is 22.4 Å². The predicted octanol–water partition coefficient (Wildman–Crippen LogP) is 3.34. The lowest BCUT2D eigenvalue weighted by atomic mass is 10.2. The number of pyridine rings is 1. The molecule has 7 nitrogen and oxygen atoms in total. The fraction of sp³-hybridized carbons (Fsp3) is 0.273. The number of fused-ring (bicyclic) bond motifs is 1. The van der Waals surface area contributed by atoms with E-state index in [9.17, 15) is 4.79 Å². The van der Waals surface area contributed by atoms with Crippen LogP contribution in [0.3, 0.4) is 0 Å². The third-order valence-corrected chi connectivity index (χ3v) is 5.38. The van der Waals surface area contributed by atoms with E-state index in [1.165, 1.54) is 15.9 Å². The molecule has 0 spiro atoms. The number of unbranched alkanes of at least 4 members (excludes halogenated alkanes) is 1. The molecule has 0 radical (unpaired) electrons. The number of benzene rings is 1. The molecule has 0 aliphatic carbocycles. The number of ether oxygens (including phenoxy) is 2. The fourth-order valence-electron chi connectivity index (χ4n) is 2.93. The first-order valence-electron chi connectivity index (χ1n) is 9.91. The Morgan fingerprint density at radius 3 is 2.80 bits per heavy atom. The first-order chi connectivity index (χ1) is 14.7. The summed E-state index contributed by atoms with van der Waals surface area (Å²) < 4.78 is 13.4. The summed E-state index contributed by atoms with van der Waals surface area (Å²) in [5.41, 5.74) is 1.44. The number of aromatic nitrogens is 4. The van der Waals surface area contributed by atoms with Gasteiger partial charge < -0.3 is 9.47 Å². The molecular weight excluding hydrogens is 400 g/mol. The molecule has 0 unspecified atom stereocenters. The van der Waals surface area contributed by atoms with E-state index in [1.54, 1.807) is 12.4 Å². The summed E-state index contributed by atoms with van der Waals surface area (Å²) in [5.74, 6) is 1.88. The second kappa shape index (κ2) is 9.04. The number of nitrogens with zero attached hydrogens (tertiary/aromatic N) is 4. The summed E-state index contributed by atoms with van der Waals surface area (Å²) in [6.07, 6.45) is 7.24. The Morgan fingerprint density at radius 2 is 2.07 bits per heavy atom. The molecule has 0 atom stereocenters. The largest absolute Gasteiger partial charge is 0.490 e. The second-order valence-corrected chi connectivity index (χ2v) is 7.64. The Hall–Kier alpha value is -3.26. The minimum absolute atomic E-state index is 0.195. The SMILES string of the molecule is CCCCOc1ccc(/C=c2\sc3nc(-c4cccnc4)nn3c2=O)cc1OCC. The lowest BCUT2D eigenvalue weighted by Gasteiger charge is -2.12. The van der Waals surface area contributed by atoms with Gasteiger partial charge in [-0.3, -0.25) is 9.78 Å². The summed E-state index contributed by atoms with van der Waals surface area (Å²) in [6.45, 7) is 5.24. The Kier molecular flexibility index (Phi) is 6.04. The highest BCUT2D eigenvalue weighted by atomic mass is 32.1. The van der Waals surface area contributed by atoms with E-state index in [4.69, 9.17) is 9.47 Å². The molecule has 3 aromatic heterocycles. The molecular formula is C22H22N4O3S. The molecule has 0 saturated heterocycles. The van der Waals surface area contributed by atoms with Gasteiger partial charge >= 0.3 is 0 Å². The van der Waals surface area contributed by atoms with Gasteiger partial charge in [0, 0.05) is 18.0 Å². The molecule has 0 bridgehead atoms. The van der Waals surface area contributed by atoms with Gasteiger partial charge in [0.1, 0.15) is 0 Å². The van der Waals surface area contributed by atoms with Crippen molar-refractivity contribution in [3.63, 3.8) is 0 Å². The van der Waals surface area contributed by atoms with Crippen molar-refractivity contribution in [1.29, 1.82) is 0 Å². The van der Waals surface area contributed by atoms with Gasteiger partial charge in [0.15, 0.2) is 17.3 Å². The van der Waals surface area contributed by atoms with Crippen LogP contribution in [-0.2, 0) is 0 Å². The molecule has 154 valence electrons. The van der Waals surface area contributed by atoms with E-state index in [0.717, 1.165) is 24.0 Å². The molecule has 1 aromatic carbocycles. The van der Waals surface area contributed by atoms with Gasteiger partial charge in [0.05, 0.1) is 17.7 Å². The zero-order chi connectivity index (χ0) is 20.9. The van der Waals surface area contributed by atoms with Gasteiger partial charge in [-0.2, -0.15) is 9.50 Å². The second-order valence-electron chi connectivity index (χ2n) is 6.63.